The zero-order valence-corrected chi connectivity index (χ0v) is 13.1. The molecule has 0 atom stereocenters. The van der Waals surface area contributed by atoms with Crippen molar-refractivity contribution in [1.29, 1.82) is 0 Å². The number of rotatable bonds is 4. The third-order valence-corrected chi connectivity index (χ3v) is 3.79. The molecule has 1 fully saturated rings. The minimum absolute atomic E-state index is 0.331. The summed E-state index contributed by atoms with van der Waals surface area (Å²) in [5, 5.41) is 10.1. The molecule has 3 heteroatoms. The highest BCUT2D eigenvalue weighted by molar-refractivity contribution is 5.20. The lowest BCUT2D eigenvalue weighted by Gasteiger charge is -2.32. The molecule has 1 N–H and O–H groups in total. The van der Waals surface area contributed by atoms with Crippen molar-refractivity contribution >= 4 is 0 Å². The van der Waals surface area contributed by atoms with Crippen molar-refractivity contribution in [3.8, 4) is 5.75 Å². The van der Waals surface area contributed by atoms with Crippen LogP contribution in [0.4, 0.5) is 0 Å². The standard InChI is InChI=1S/C10H21NO.C7H8O/c1-11(2)9-8-10(12)6-4-3-5-7-10;1-8-7-5-3-2-4-6-7/h12H,3-9H2,1-2H3;2-6H,1H3. The van der Waals surface area contributed by atoms with Gasteiger partial charge in [-0.1, -0.05) is 37.5 Å². The van der Waals surface area contributed by atoms with Gasteiger partial charge in [0.05, 0.1) is 12.7 Å². The maximum absolute atomic E-state index is 10.1. The smallest absolute Gasteiger partial charge is 0.118 e. The Morgan fingerprint density at radius 1 is 1.10 bits per heavy atom. The molecule has 20 heavy (non-hydrogen) atoms. The molecule has 2 rings (SSSR count). The van der Waals surface area contributed by atoms with Crippen molar-refractivity contribution in [3.63, 3.8) is 0 Å². The summed E-state index contributed by atoms with van der Waals surface area (Å²) in [5.41, 5.74) is -0.331. The lowest BCUT2D eigenvalue weighted by Crippen LogP contribution is -2.34. The third-order valence-electron chi connectivity index (χ3n) is 3.79. The first kappa shape index (κ1) is 17.0. The Bertz CT molecular complexity index is 345. The van der Waals surface area contributed by atoms with E-state index in [9.17, 15) is 5.11 Å². The molecule has 0 spiro atoms. The monoisotopic (exact) mass is 279 g/mol. The molecule has 114 valence electrons. The Kier molecular flexibility index (Phi) is 7.63. The normalized spacial score (nSPS) is 17.2. The maximum atomic E-state index is 10.1. The molecule has 0 bridgehead atoms. The number of methoxy groups -OCH3 is 1. The molecule has 0 aromatic heterocycles. The lowest BCUT2D eigenvalue weighted by molar-refractivity contribution is -0.00856. The highest BCUT2D eigenvalue weighted by atomic mass is 16.5. The summed E-state index contributed by atoms with van der Waals surface area (Å²) in [6.07, 6.45) is 6.71. The van der Waals surface area contributed by atoms with E-state index in [4.69, 9.17) is 4.74 Å². The molecule has 1 aromatic carbocycles. The Labute approximate surface area is 123 Å². The summed E-state index contributed by atoms with van der Waals surface area (Å²) in [6.45, 7) is 1.01. The zero-order chi connectivity index (χ0) is 14.8. The summed E-state index contributed by atoms with van der Waals surface area (Å²) >= 11 is 0. The second kappa shape index (κ2) is 8.98. The van der Waals surface area contributed by atoms with Crippen molar-refractivity contribution < 1.29 is 9.84 Å². The molecule has 1 aliphatic carbocycles. The highest BCUT2D eigenvalue weighted by Gasteiger charge is 2.28. The first-order valence-electron chi connectivity index (χ1n) is 7.52. The van der Waals surface area contributed by atoms with Gasteiger partial charge in [0.2, 0.25) is 0 Å². The zero-order valence-electron chi connectivity index (χ0n) is 13.1. The molecular weight excluding hydrogens is 250 g/mol. The topological polar surface area (TPSA) is 32.7 Å². The first-order valence-corrected chi connectivity index (χ1v) is 7.52. The Morgan fingerprint density at radius 3 is 2.15 bits per heavy atom. The van der Waals surface area contributed by atoms with Gasteiger partial charge in [-0.3, -0.25) is 0 Å². The van der Waals surface area contributed by atoms with Gasteiger partial charge in [-0.2, -0.15) is 0 Å². The van der Waals surface area contributed by atoms with Gasteiger partial charge in [0.1, 0.15) is 5.75 Å². The van der Waals surface area contributed by atoms with E-state index in [1.807, 2.05) is 30.3 Å². The Morgan fingerprint density at radius 2 is 1.70 bits per heavy atom. The molecule has 1 aliphatic rings. The Hall–Kier alpha value is -1.06. The van der Waals surface area contributed by atoms with Crippen LogP contribution < -0.4 is 4.74 Å². The number of ether oxygens (including phenoxy) is 1. The average Bonchev–Trinajstić information content (AvgIpc) is 2.48. The van der Waals surface area contributed by atoms with Crippen LogP contribution in [-0.2, 0) is 0 Å². The van der Waals surface area contributed by atoms with Gasteiger partial charge in [-0.15, -0.1) is 0 Å². The van der Waals surface area contributed by atoms with Gasteiger partial charge in [-0.05, 0) is 45.5 Å². The molecule has 0 heterocycles. The second-order valence-corrected chi connectivity index (χ2v) is 5.86. The maximum Gasteiger partial charge on any atom is 0.118 e. The van der Waals surface area contributed by atoms with Gasteiger partial charge < -0.3 is 14.7 Å². The van der Waals surface area contributed by atoms with E-state index in [0.29, 0.717) is 0 Å². The van der Waals surface area contributed by atoms with E-state index < -0.39 is 0 Å². The van der Waals surface area contributed by atoms with Crippen LogP contribution in [0.5, 0.6) is 5.75 Å². The largest absolute Gasteiger partial charge is 0.497 e. The number of hydrogen-bond donors (Lipinski definition) is 1. The van der Waals surface area contributed by atoms with Crippen LogP contribution in [0.3, 0.4) is 0 Å². The van der Waals surface area contributed by atoms with Crippen LogP contribution >= 0.6 is 0 Å². The Balaban J connectivity index is 0.000000217. The number of para-hydroxylation sites is 1. The quantitative estimate of drug-likeness (QED) is 0.917. The van der Waals surface area contributed by atoms with Gasteiger partial charge in [0, 0.05) is 6.54 Å². The lowest BCUT2D eigenvalue weighted by atomic mass is 9.82. The third kappa shape index (κ3) is 6.92. The fourth-order valence-corrected chi connectivity index (χ4v) is 2.45. The predicted molar refractivity (Wildman–Crippen MR) is 84.2 cm³/mol. The average molecular weight is 279 g/mol. The van der Waals surface area contributed by atoms with E-state index in [1.165, 1.54) is 19.3 Å². The van der Waals surface area contributed by atoms with Crippen LogP contribution in [-0.4, -0.2) is 43.4 Å². The van der Waals surface area contributed by atoms with Crippen LogP contribution in [0.1, 0.15) is 38.5 Å². The van der Waals surface area contributed by atoms with E-state index >= 15 is 0 Å². The van der Waals surface area contributed by atoms with Gasteiger partial charge in [0.15, 0.2) is 0 Å². The molecule has 0 amide bonds. The van der Waals surface area contributed by atoms with Crippen molar-refractivity contribution in [2.45, 2.75) is 44.1 Å². The molecular formula is C17H29NO2. The summed E-state index contributed by atoms with van der Waals surface area (Å²) in [4.78, 5) is 2.15. The molecule has 0 aliphatic heterocycles. The summed E-state index contributed by atoms with van der Waals surface area (Å²) < 4.78 is 4.91. The predicted octanol–water partition coefficient (Wildman–Crippen LogP) is 3.33. The number of hydrogen-bond acceptors (Lipinski definition) is 3. The molecule has 0 unspecified atom stereocenters. The van der Waals surface area contributed by atoms with Gasteiger partial charge in [-0.25, -0.2) is 0 Å². The van der Waals surface area contributed by atoms with Crippen molar-refractivity contribution in [2.24, 2.45) is 0 Å². The fraction of sp³-hybridized carbons (Fsp3) is 0.647. The number of aliphatic hydroxyl groups is 1. The number of benzene rings is 1. The van der Waals surface area contributed by atoms with Crippen LogP contribution in [0.2, 0.25) is 0 Å². The second-order valence-electron chi connectivity index (χ2n) is 5.86. The van der Waals surface area contributed by atoms with E-state index in [0.717, 1.165) is 31.6 Å². The van der Waals surface area contributed by atoms with E-state index in [2.05, 4.69) is 19.0 Å². The first-order chi connectivity index (χ1) is 9.56. The molecule has 3 nitrogen and oxygen atoms in total. The summed E-state index contributed by atoms with van der Waals surface area (Å²) in [5.74, 6) is 0.910. The number of nitrogens with zero attached hydrogens (tertiary/aromatic N) is 1. The summed E-state index contributed by atoms with van der Waals surface area (Å²) in [7, 11) is 5.79. The fourth-order valence-electron chi connectivity index (χ4n) is 2.45. The molecule has 1 saturated carbocycles. The van der Waals surface area contributed by atoms with E-state index in [-0.39, 0.29) is 5.60 Å². The SMILES string of the molecule is CN(C)CCC1(O)CCCCC1.COc1ccccc1. The van der Waals surface area contributed by atoms with Crippen molar-refractivity contribution in [3.05, 3.63) is 30.3 Å². The molecule has 1 aromatic rings. The summed E-state index contributed by atoms with van der Waals surface area (Å²) in [6, 6.07) is 9.68. The van der Waals surface area contributed by atoms with Crippen LogP contribution in [0.15, 0.2) is 30.3 Å². The van der Waals surface area contributed by atoms with E-state index in [1.54, 1.807) is 7.11 Å². The molecule has 0 saturated heterocycles. The van der Waals surface area contributed by atoms with Crippen molar-refractivity contribution in [2.75, 3.05) is 27.7 Å². The van der Waals surface area contributed by atoms with Gasteiger partial charge >= 0.3 is 0 Å². The minimum atomic E-state index is -0.331. The molecule has 0 radical (unpaired) electrons. The van der Waals surface area contributed by atoms with Gasteiger partial charge in [0.25, 0.3) is 0 Å². The van der Waals surface area contributed by atoms with Crippen LogP contribution in [0, 0.1) is 0 Å². The van der Waals surface area contributed by atoms with Crippen LogP contribution in [0.25, 0.3) is 0 Å². The minimum Gasteiger partial charge on any atom is -0.497 e. The van der Waals surface area contributed by atoms with Crippen molar-refractivity contribution in [1.82, 2.24) is 4.90 Å². The highest BCUT2D eigenvalue weighted by Crippen LogP contribution is 2.30.